The molecule has 0 fully saturated rings. The Morgan fingerprint density at radius 2 is 1.90 bits per heavy atom. The van der Waals surface area contributed by atoms with Gasteiger partial charge in [0.15, 0.2) is 5.78 Å². The predicted molar refractivity (Wildman–Crippen MR) is 80.9 cm³/mol. The Labute approximate surface area is 125 Å². The van der Waals surface area contributed by atoms with E-state index >= 15 is 0 Å². The molecule has 0 aromatic heterocycles. The summed E-state index contributed by atoms with van der Waals surface area (Å²) in [6.45, 7) is 5.13. The van der Waals surface area contributed by atoms with Gasteiger partial charge in [-0.3, -0.25) is 9.59 Å². The summed E-state index contributed by atoms with van der Waals surface area (Å²) in [6, 6.07) is 6.10. The third-order valence-electron chi connectivity index (χ3n) is 3.07. The molecule has 0 bridgehead atoms. The Kier molecular flexibility index (Phi) is 7.46. The normalized spacial score (nSPS) is 11.9. The molecule has 0 spiro atoms. The highest BCUT2D eigenvalue weighted by Crippen LogP contribution is 2.14. The van der Waals surface area contributed by atoms with Crippen molar-refractivity contribution < 1.29 is 19.4 Å². The minimum absolute atomic E-state index is 0.198. The molecule has 1 aromatic carbocycles. The third-order valence-corrected chi connectivity index (χ3v) is 3.07. The van der Waals surface area contributed by atoms with Crippen LogP contribution in [0.2, 0.25) is 0 Å². The monoisotopic (exact) mass is 293 g/mol. The van der Waals surface area contributed by atoms with Crippen molar-refractivity contribution in [3.63, 3.8) is 0 Å². The molecule has 0 aliphatic carbocycles. The lowest BCUT2D eigenvalue weighted by atomic mass is 10.0. The van der Waals surface area contributed by atoms with Gasteiger partial charge in [0.2, 0.25) is 0 Å². The summed E-state index contributed by atoms with van der Waals surface area (Å²) < 4.78 is 5.32. The lowest BCUT2D eigenvalue weighted by Gasteiger charge is -2.16. The molecule has 5 nitrogen and oxygen atoms in total. The van der Waals surface area contributed by atoms with E-state index in [-0.39, 0.29) is 12.2 Å². The SMILES string of the molecule is CCCCNC(CC(=O)O)C(=O)c1ccc(OCC)cc1. The van der Waals surface area contributed by atoms with Crippen molar-refractivity contribution in [3.8, 4) is 5.75 Å². The molecule has 2 N–H and O–H groups in total. The summed E-state index contributed by atoms with van der Waals surface area (Å²) in [5.74, 6) is -0.484. The van der Waals surface area contributed by atoms with Crippen LogP contribution in [0, 0.1) is 0 Å². The number of aliphatic carboxylic acids is 1. The Bertz CT molecular complexity index is 456. The second-order valence-corrected chi connectivity index (χ2v) is 4.78. The van der Waals surface area contributed by atoms with Gasteiger partial charge >= 0.3 is 5.97 Å². The van der Waals surface area contributed by atoms with Gasteiger partial charge in [-0.2, -0.15) is 0 Å². The topological polar surface area (TPSA) is 75.6 Å². The van der Waals surface area contributed by atoms with Gasteiger partial charge in [-0.05, 0) is 44.2 Å². The molecule has 0 saturated heterocycles. The zero-order valence-corrected chi connectivity index (χ0v) is 12.6. The number of rotatable bonds is 10. The fourth-order valence-electron chi connectivity index (χ4n) is 1.97. The van der Waals surface area contributed by atoms with Crippen molar-refractivity contribution in [3.05, 3.63) is 29.8 Å². The number of benzene rings is 1. The zero-order chi connectivity index (χ0) is 15.7. The van der Waals surface area contributed by atoms with Crippen LogP contribution in [0.4, 0.5) is 0 Å². The molecule has 1 atom stereocenters. The van der Waals surface area contributed by atoms with E-state index in [2.05, 4.69) is 5.32 Å². The summed E-state index contributed by atoms with van der Waals surface area (Å²) in [6.07, 6.45) is 1.69. The van der Waals surface area contributed by atoms with Crippen molar-refractivity contribution >= 4 is 11.8 Å². The van der Waals surface area contributed by atoms with E-state index in [0.29, 0.717) is 24.5 Å². The minimum atomic E-state index is -0.983. The molecule has 0 aliphatic heterocycles. The molecule has 0 radical (unpaired) electrons. The second-order valence-electron chi connectivity index (χ2n) is 4.78. The van der Waals surface area contributed by atoms with Crippen molar-refractivity contribution in [2.24, 2.45) is 0 Å². The standard InChI is InChI=1S/C16H23NO4/c1-3-5-10-17-14(11-15(18)19)16(20)12-6-8-13(9-7-12)21-4-2/h6-9,14,17H,3-5,10-11H2,1-2H3,(H,18,19). The van der Waals surface area contributed by atoms with E-state index in [1.54, 1.807) is 24.3 Å². The highest BCUT2D eigenvalue weighted by molar-refractivity contribution is 6.01. The molecular weight excluding hydrogens is 270 g/mol. The number of ether oxygens (including phenoxy) is 1. The van der Waals surface area contributed by atoms with Gasteiger partial charge in [0.25, 0.3) is 0 Å². The maximum Gasteiger partial charge on any atom is 0.305 e. The first kappa shape index (κ1) is 17.2. The summed E-state index contributed by atoms with van der Waals surface area (Å²) in [5, 5.41) is 12.0. The first-order valence-corrected chi connectivity index (χ1v) is 7.30. The van der Waals surface area contributed by atoms with E-state index in [1.807, 2.05) is 13.8 Å². The molecule has 0 aliphatic rings. The minimum Gasteiger partial charge on any atom is -0.494 e. The van der Waals surface area contributed by atoms with Gasteiger partial charge in [-0.25, -0.2) is 0 Å². The number of carbonyl (C=O) groups is 2. The quantitative estimate of drug-likeness (QED) is 0.512. The van der Waals surface area contributed by atoms with Crippen LogP contribution in [0.3, 0.4) is 0 Å². The van der Waals surface area contributed by atoms with Crippen molar-refractivity contribution in [2.75, 3.05) is 13.2 Å². The average Bonchev–Trinajstić information content (AvgIpc) is 2.46. The Balaban J connectivity index is 2.75. The molecule has 0 saturated carbocycles. The van der Waals surface area contributed by atoms with Crippen LogP contribution in [-0.2, 0) is 4.79 Å². The molecule has 1 unspecified atom stereocenters. The van der Waals surface area contributed by atoms with E-state index in [1.165, 1.54) is 0 Å². The van der Waals surface area contributed by atoms with Crippen molar-refractivity contribution in [1.82, 2.24) is 5.32 Å². The van der Waals surface area contributed by atoms with Gasteiger partial charge in [-0.15, -0.1) is 0 Å². The molecule has 1 rings (SSSR count). The predicted octanol–water partition coefficient (Wildman–Crippen LogP) is 2.50. The second kappa shape index (κ2) is 9.13. The highest BCUT2D eigenvalue weighted by atomic mass is 16.5. The molecule has 116 valence electrons. The first-order valence-electron chi connectivity index (χ1n) is 7.30. The number of carboxylic acids is 1. The molecular formula is C16H23NO4. The number of carboxylic acid groups (broad SMARTS) is 1. The number of carbonyl (C=O) groups excluding carboxylic acids is 1. The van der Waals surface area contributed by atoms with E-state index in [4.69, 9.17) is 9.84 Å². The summed E-state index contributed by atoms with van der Waals surface area (Å²) in [5.41, 5.74) is 0.494. The fourth-order valence-corrected chi connectivity index (χ4v) is 1.97. The number of hydrogen-bond acceptors (Lipinski definition) is 4. The van der Waals surface area contributed by atoms with Crippen LogP contribution in [0.25, 0.3) is 0 Å². The van der Waals surface area contributed by atoms with Crippen LogP contribution < -0.4 is 10.1 Å². The van der Waals surface area contributed by atoms with Gasteiger partial charge in [0.1, 0.15) is 5.75 Å². The summed E-state index contributed by atoms with van der Waals surface area (Å²) in [7, 11) is 0. The molecule has 0 heterocycles. The third kappa shape index (κ3) is 5.95. The van der Waals surface area contributed by atoms with Crippen molar-refractivity contribution in [2.45, 2.75) is 39.2 Å². The number of Topliss-reactive ketones (excluding diaryl/α,β-unsaturated/α-hetero) is 1. The van der Waals surface area contributed by atoms with E-state index < -0.39 is 12.0 Å². The summed E-state index contributed by atoms with van der Waals surface area (Å²) in [4.78, 5) is 23.3. The Morgan fingerprint density at radius 3 is 2.43 bits per heavy atom. The van der Waals surface area contributed by atoms with Crippen LogP contribution in [-0.4, -0.2) is 36.1 Å². The van der Waals surface area contributed by atoms with E-state index in [9.17, 15) is 9.59 Å². The summed E-state index contributed by atoms with van der Waals surface area (Å²) >= 11 is 0. The average molecular weight is 293 g/mol. The lowest BCUT2D eigenvalue weighted by Crippen LogP contribution is -2.39. The molecule has 5 heteroatoms. The Hall–Kier alpha value is -1.88. The van der Waals surface area contributed by atoms with E-state index in [0.717, 1.165) is 12.8 Å². The first-order chi connectivity index (χ1) is 10.1. The maximum atomic E-state index is 12.4. The van der Waals surface area contributed by atoms with Crippen LogP contribution >= 0.6 is 0 Å². The zero-order valence-electron chi connectivity index (χ0n) is 12.6. The van der Waals surface area contributed by atoms with Crippen LogP contribution in [0.5, 0.6) is 5.75 Å². The van der Waals surface area contributed by atoms with Gasteiger partial charge in [0, 0.05) is 5.56 Å². The maximum absolute atomic E-state index is 12.4. The number of hydrogen-bond donors (Lipinski definition) is 2. The smallest absolute Gasteiger partial charge is 0.305 e. The fraction of sp³-hybridized carbons (Fsp3) is 0.500. The van der Waals surface area contributed by atoms with Crippen LogP contribution in [0.15, 0.2) is 24.3 Å². The largest absolute Gasteiger partial charge is 0.494 e. The highest BCUT2D eigenvalue weighted by Gasteiger charge is 2.22. The van der Waals surface area contributed by atoms with Gasteiger partial charge in [0.05, 0.1) is 19.1 Å². The Morgan fingerprint density at radius 1 is 1.24 bits per heavy atom. The van der Waals surface area contributed by atoms with Crippen LogP contribution in [0.1, 0.15) is 43.5 Å². The molecule has 0 amide bonds. The van der Waals surface area contributed by atoms with Crippen molar-refractivity contribution in [1.29, 1.82) is 0 Å². The number of unbranched alkanes of at least 4 members (excludes halogenated alkanes) is 1. The van der Waals surface area contributed by atoms with Gasteiger partial charge in [-0.1, -0.05) is 13.3 Å². The number of nitrogens with one attached hydrogen (secondary N) is 1. The molecule has 21 heavy (non-hydrogen) atoms. The van der Waals surface area contributed by atoms with Gasteiger partial charge < -0.3 is 15.2 Å². The lowest BCUT2D eigenvalue weighted by molar-refractivity contribution is -0.137. The molecule has 1 aromatic rings. The number of ketones is 1.